The van der Waals surface area contributed by atoms with E-state index in [2.05, 4.69) is 39.0 Å². The lowest BCUT2D eigenvalue weighted by Gasteiger charge is -2.35. The Labute approximate surface area is 124 Å². The zero-order chi connectivity index (χ0) is 13.8. The molecule has 0 radical (unpaired) electrons. The van der Waals surface area contributed by atoms with E-state index in [-0.39, 0.29) is 6.04 Å². The summed E-state index contributed by atoms with van der Waals surface area (Å²) in [4.78, 5) is 2.45. The highest BCUT2D eigenvalue weighted by molar-refractivity contribution is 9.10. The predicted molar refractivity (Wildman–Crippen MR) is 83.6 cm³/mol. The number of hydrogen-bond donors (Lipinski definition) is 1. The molecule has 1 aromatic carbocycles. The van der Waals surface area contributed by atoms with Crippen LogP contribution in [0.1, 0.15) is 31.4 Å². The molecule has 0 bridgehead atoms. The third-order valence-electron chi connectivity index (χ3n) is 3.76. The number of benzene rings is 1. The fraction of sp³-hybridized carbons (Fsp3) is 0.600. The Hall–Kier alpha value is -0.580. The van der Waals surface area contributed by atoms with Crippen molar-refractivity contribution < 1.29 is 4.74 Å². The first-order valence-corrected chi connectivity index (χ1v) is 7.70. The highest BCUT2D eigenvalue weighted by atomic mass is 79.9. The van der Waals surface area contributed by atoms with Crippen LogP contribution in [0.3, 0.4) is 0 Å². The second-order valence-corrected chi connectivity index (χ2v) is 6.26. The van der Waals surface area contributed by atoms with Gasteiger partial charge >= 0.3 is 0 Å². The van der Waals surface area contributed by atoms with Gasteiger partial charge in [-0.2, -0.15) is 0 Å². The van der Waals surface area contributed by atoms with Crippen molar-refractivity contribution in [2.45, 2.75) is 25.8 Å². The number of ether oxygens (including phenoxy) is 1. The Morgan fingerprint density at radius 2 is 2.32 bits per heavy atom. The molecule has 0 aliphatic carbocycles. The first kappa shape index (κ1) is 14.8. The molecule has 2 N–H and O–H groups in total. The van der Waals surface area contributed by atoms with E-state index in [9.17, 15) is 0 Å². The van der Waals surface area contributed by atoms with Crippen molar-refractivity contribution in [3.05, 3.63) is 28.2 Å². The fourth-order valence-electron chi connectivity index (χ4n) is 2.72. The molecule has 2 rings (SSSR count). The zero-order valence-electron chi connectivity index (χ0n) is 11.7. The summed E-state index contributed by atoms with van der Waals surface area (Å²) < 4.78 is 6.43. The van der Waals surface area contributed by atoms with E-state index in [1.54, 1.807) is 7.11 Å². The van der Waals surface area contributed by atoms with Gasteiger partial charge in [0.2, 0.25) is 0 Å². The van der Waals surface area contributed by atoms with Crippen LogP contribution in [0, 0.1) is 5.92 Å². The summed E-state index contributed by atoms with van der Waals surface area (Å²) in [6.07, 6.45) is 2.50. The van der Waals surface area contributed by atoms with Crippen LogP contribution in [0.4, 0.5) is 5.69 Å². The number of methoxy groups -OCH3 is 1. The van der Waals surface area contributed by atoms with E-state index in [0.717, 1.165) is 24.2 Å². The molecule has 19 heavy (non-hydrogen) atoms. The predicted octanol–water partition coefficient (Wildman–Crippen LogP) is 3.33. The molecule has 0 aromatic heterocycles. The minimum Gasteiger partial charge on any atom is -0.384 e. The van der Waals surface area contributed by atoms with Crippen LogP contribution in [0.15, 0.2) is 22.7 Å². The maximum absolute atomic E-state index is 5.92. The summed E-state index contributed by atoms with van der Waals surface area (Å²) in [6, 6.07) is 6.52. The number of nitrogens with zero attached hydrogens (tertiary/aromatic N) is 1. The van der Waals surface area contributed by atoms with E-state index in [1.807, 2.05) is 6.92 Å². The fourth-order valence-corrected chi connectivity index (χ4v) is 3.37. The second-order valence-electron chi connectivity index (χ2n) is 5.41. The zero-order valence-corrected chi connectivity index (χ0v) is 13.3. The molecular formula is C15H23BrN2O. The Morgan fingerprint density at radius 3 is 2.95 bits per heavy atom. The van der Waals surface area contributed by atoms with Gasteiger partial charge in [0.25, 0.3) is 0 Å². The molecule has 3 nitrogen and oxygen atoms in total. The topological polar surface area (TPSA) is 38.5 Å². The van der Waals surface area contributed by atoms with E-state index in [4.69, 9.17) is 10.5 Å². The lowest BCUT2D eigenvalue weighted by molar-refractivity contribution is 0.143. The smallest absolute Gasteiger partial charge is 0.0510 e. The van der Waals surface area contributed by atoms with E-state index in [1.165, 1.54) is 24.1 Å². The van der Waals surface area contributed by atoms with Gasteiger partial charge < -0.3 is 15.4 Å². The average Bonchev–Trinajstić information content (AvgIpc) is 2.39. The first-order chi connectivity index (χ1) is 9.11. The van der Waals surface area contributed by atoms with Gasteiger partial charge in [0.1, 0.15) is 0 Å². The normalized spacial score (nSPS) is 21.5. The molecule has 4 heteroatoms. The summed E-state index contributed by atoms with van der Waals surface area (Å²) in [5.41, 5.74) is 8.36. The van der Waals surface area contributed by atoms with Crippen molar-refractivity contribution in [2.24, 2.45) is 11.7 Å². The number of halogens is 1. The van der Waals surface area contributed by atoms with Crippen LogP contribution >= 0.6 is 15.9 Å². The maximum Gasteiger partial charge on any atom is 0.0510 e. The molecule has 1 unspecified atom stereocenters. The molecule has 1 heterocycles. The van der Waals surface area contributed by atoms with Crippen molar-refractivity contribution in [3.63, 3.8) is 0 Å². The van der Waals surface area contributed by atoms with Gasteiger partial charge in [-0.3, -0.25) is 0 Å². The van der Waals surface area contributed by atoms with E-state index in [0.29, 0.717) is 5.92 Å². The summed E-state index contributed by atoms with van der Waals surface area (Å²) in [5, 5.41) is 0. The van der Waals surface area contributed by atoms with Crippen molar-refractivity contribution >= 4 is 21.6 Å². The molecule has 1 aliphatic rings. The minimum absolute atomic E-state index is 0.0768. The van der Waals surface area contributed by atoms with Gasteiger partial charge in [-0.15, -0.1) is 0 Å². The number of piperidine rings is 1. The molecule has 0 amide bonds. The summed E-state index contributed by atoms with van der Waals surface area (Å²) in [5.74, 6) is 0.638. The number of anilines is 1. The van der Waals surface area contributed by atoms with Crippen molar-refractivity contribution in [1.29, 1.82) is 0 Å². The van der Waals surface area contributed by atoms with Crippen LogP contribution in [-0.2, 0) is 4.74 Å². The molecule has 0 saturated carbocycles. The Kier molecular flexibility index (Phi) is 5.25. The van der Waals surface area contributed by atoms with Crippen molar-refractivity contribution in [2.75, 3.05) is 31.7 Å². The van der Waals surface area contributed by atoms with Crippen LogP contribution in [0.25, 0.3) is 0 Å². The van der Waals surface area contributed by atoms with Crippen LogP contribution in [0.5, 0.6) is 0 Å². The highest BCUT2D eigenvalue weighted by Gasteiger charge is 2.21. The molecule has 1 fully saturated rings. The monoisotopic (exact) mass is 326 g/mol. The van der Waals surface area contributed by atoms with Crippen LogP contribution in [-0.4, -0.2) is 26.8 Å². The molecule has 0 spiro atoms. The van der Waals surface area contributed by atoms with Crippen molar-refractivity contribution in [3.8, 4) is 0 Å². The Morgan fingerprint density at radius 1 is 1.53 bits per heavy atom. The van der Waals surface area contributed by atoms with Crippen LogP contribution in [0.2, 0.25) is 0 Å². The molecule has 1 aromatic rings. The van der Waals surface area contributed by atoms with Gasteiger partial charge in [0.05, 0.1) is 12.3 Å². The number of hydrogen-bond acceptors (Lipinski definition) is 3. The highest BCUT2D eigenvalue weighted by Crippen LogP contribution is 2.32. The third kappa shape index (κ3) is 3.71. The van der Waals surface area contributed by atoms with Gasteiger partial charge in [0, 0.05) is 30.7 Å². The molecule has 1 saturated heterocycles. The molecule has 106 valence electrons. The van der Waals surface area contributed by atoms with Crippen molar-refractivity contribution in [1.82, 2.24) is 0 Å². The van der Waals surface area contributed by atoms with Gasteiger partial charge in [-0.1, -0.05) is 6.07 Å². The largest absolute Gasteiger partial charge is 0.384 e. The van der Waals surface area contributed by atoms with E-state index < -0.39 is 0 Å². The lowest BCUT2D eigenvalue weighted by Crippen LogP contribution is -2.37. The minimum atomic E-state index is 0.0768. The average molecular weight is 327 g/mol. The SMILES string of the molecule is COCC1CCCN(c2ccc([C@H](C)N)cc2Br)C1. The summed E-state index contributed by atoms with van der Waals surface area (Å²) >= 11 is 3.68. The number of rotatable bonds is 4. The Balaban J connectivity index is 2.12. The lowest BCUT2D eigenvalue weighted by atomic mass is 9.98. The first-order valence-electron chi connectivity index (χ1n) is 6.90. The quantitative estimate of drug-likeness (QED) is 0.922. The van der Waals surface area contributed by atoms with Gasteiger partial charge in [-0.05, 0) is 59.3 Å². The van der Waals surface area contributed by atoms with Crippen LogP contribution < -0.4 is 10.6 Å². The molecule has 1 aliphatic heterocycles. The van der Waals surface area contributed by atoms with Gasteiger partial charge in [-0.25, -0.2) is 0 Å². The van der Waals surface area contributed by atoms with E-state index >= 15 is 0 Å². The summed E-state index contributed by atoms with van der Waals surface area (Å²) in [6.45, 7) is 5.06. The maximum atomic E-state index is 5.92. The molecular weight excluding hydrogens is 304 g/mol. The standard InChI is InChI=1S/C15H23BrN2O/c1-11(17)13-5-6-15(14(16)8-13)18-7-3-4-12(9-18)10-19-2/h5-6,8,11-12H,3-4,7,9-10,17H2,1-2H3/t11-,12?/m0/s1. The Bertz CT molecular complexity index is 421. The number of nitrogens with two attached hydrogens (primary N) is 1. The summed E-state index contributed by atoms with van der Waals surface area (Å²) in [7, 11) is 1.78. The third-order valence-corrected chi connectivity index (χ3v) is 4.39. The molecule has 2 atom stereocenters. The second kappa shape index (κ2) is 6.73. The van der Waals surface area contributed by atoms with Gasteiger partial charge in [0.15, 0.2) is 0 Å².